The number of benzene rings is 2. The van der Waals surface area contributed by atoms with Gasteiger partial charge in [0.25, 0.3) is 5.91 Å². The molecule has 0 saturated carbocycles. The molecular formula is C20H17N3OS. The average Bonchev–Trinajstić information content (AvgIpc) is 3.11. The van der Waals surface area contributed by atoms with Crippen LogP contribution in [-0.4, -0.2) is 22.3 Å². The molecule has 4 nitrogen and oxygen atoms in total. The van der Waals surface area contributed by atoms with E-state index in [9.17, 15) is 4.79 Å². The number of carbonyl (C=O) groups is 1. The normalized spacial score (nSPS) is 17.4. The quantitative estimate of drug-likeness (QED) is 0.684. The first-order valence-corrected chi connectivity index (χ1v) is 9.24. The predicted molar refractivity (Wildman–Crippen MR) is 98.4 cm³/mol. The minimum Gasteiger partial charge on any atom is -0.329 e. The Kier molecular flexibility index (Phi) is 4.21. The van der Waals surface area contributed by atoms with E-state index in [1.807, 2.05) is 23.1 Å². The number of rotatable bonds is 2. The van der Waals surface area contributed by atoms with Gasteiger partial charge < -0.3 is 4.90 Å². The fraction of sp³-hybridized carbons (Fsp3) is 0.250. The molecule has 1 aliphatic rings. The summed E-state index contributed by atoms with van der Waals surface area (Å²) < 4.78 is 1.15. The lowest BCUT2D eigenvalue weighted by Gasteiger charge is -2.34. The van der Waals surface area contributed by atoms with Crippen molar-refractivity contribution >= 4 is 27.5 Å². The Hall–Kier alpha value is -2.71. The minimum atomic E-state index is -0.0129. The first-order valence-electron chi connectivity index (χ1n) is 8.43. The molecule has 25 heavy (non-hydrogen) atoms. The van der Waals surface area contributed by atoms with Crippen LogP contribution in [0.2, 0.25) is 0 Å². The van der Waals surface area contributed by atoms with Gasteiger partial charge in [0.1, 0.15) is 5.01 Å². The summed E-state index contributed by atoms with van der Waals surface area (Å²) in [5.41, 5.74) is 2.08. The van der Waals surface area contributed by atoms with Crippen LogP contribution in [0.4, 0.5) is 0 Å². The van der Waals surface area contributed by atoms with Crippen molar-refractivity contribution in [3.05, 3.63) is 64.7 Å². The highest BCUT2D eigenvalue weighted by atomic mass is 32.1. The molecule has 1 amide bonds. The summed E-state index contributed by atoms with van der Waals surface area (Å²) in [6.07, 6.45) is 3.04. The summed E-state index contributed by atoms with van der Waals surface area (Å²) in [4.78, 5) is 19.8. The van der Waals surface area contributed by atoms with Crippen LogP contribution in [0.5, 0.6) is 0 Å². The van der Waals surface area contributed by atoms with Gasteiger partial charge in [0.05, 0.1) is 27.9 Å². The van der Waals surface area contributed by atoms with Crippen LogP contribution in [0.1, 0.15) is 46.2 Å². The molecule has 1 unspecified atom stereocenters. The van der Waals surface area contributed by atoms with Crippen LogP contribution in [0.3, 0.4) is 0 Å². The lowest BCUT2D eigenvalue weighted by molar-refractivity contribution is 0.0611. The van der Waals surface area contributed by atoms with Crippen LogP contribution in [0.15, 0.2) is 48.5 Å². The summed E-state index contributed by atoms with van der Waals surface area (Å²) in [7, 11) is 0. The highest BCUT2D eigenvalue weighted by molar-refractivity contribution is 7.18. The van der Waals surface area contributed by atoms with Crippen LogP contribution in [-0.2, 0) is 0 Å². The van der Waals surface area contributed by atoms with Crippen LogP contribution < -0.4 is 0 Å². The van der Waals surface area contributed by atoms with Crippen molar-refractivity contribution in [3.8, 4) is 6.07 Å². The first kappa shape index (κ1) is 15.8. The average molecular weight is 347 g/mol. The van der Waals surface area contributed by atoms with Crippen molar-refractivity contribution in [1.82, 2.24) is 9.88 Å². The molecule has 0 radical (unpaired) electrons. The zero-order chi connectivity index (χ0) is 17.2. The Morgan fingerprint density at radius 3 is 2.92 bits per heavy atom. The third kappa shape index (κ3) is 3.01. The Bertz CT molecular complexity index is 939. The topological polar surface area (TPSA) is 57.0 Å². The molecule has 1 saturated heterocycles. The standard InChI is InChI=1S/C20H17N3OS/c21-13-14-6-5-7-15(12-14)20(24)23-11-4-3-9-17(23)19-22-16-8-1-2-10-18(16)25-19/h1-2,5-8,10,12,17H,3-4,9,11H2. The summed E-state index contributed by atoms with van der Waals surface area (Å²) >= 11 is 1.67. The van der Waals surface area contributed by atoms with E-state index in [4.69, 9.17) is 10.2 Å². The number of carbonyl (C=O) groups excluding carboxylic acids is 1. The zero-order valence-corrected chi connectivity index (χ0v) is 14.5. The van der Waals surface area contributed by atoms with E-state index in [2.05, 4.69) is 12.1 Å². The van der Waals surface area contributed by atoms with E-state index in [1.165, 1.54) is 0 Å². The largest absolute Gasteiger partial charge is 0.329 e. The summed E-state index contributed by atoms with van der Waals surface area (Å²) in [6.45, 7) is 0.732. The number of amides is 1. The summed E-state index contributed by atoms with van der Waals surface area (Å²) in [5.74, 6) is -0.0129. The molecule has 4 rings (SSSR count). The molecule has 0 bridgehead atoms. The van der Waals surface area contributed by atoms with Gasteiger partial charge in [-0.15, -0.1) is 11.3 Å². The monoisotopic (exact) mass is 347 g/mol. The molecule has 5 heteroatoms. The number of hydrogen-bond donors (Lipinski definition) is 0. The number of nitrogens with zero attached hydrogens (tertiary/aromatic N) is 3. The van der Waals surface area contributed by atoms with E-state index in [0.29, 0.717) is 11.1 Å². The van der Waals surface area contributed by atoms with Crippen molar-refractivity contribution in [2.75, 3.05) is 6.54 Å². The summed E-state index contributed by atoms with van der Waals surface area (Å²) in [6, 6.07) is 17.2. The van der Waals surface area contributed by atoms with Crippen LogP contribution in [0, 0.1) is 11.3 Å². The van der Waals surface area contributed by atoms with E-state index in [0.717, 1.165) is 41.0 Å². The molecule has 0 N–H and O–H groups in total. The number of likely N-dealkylation sites (tertiary alicyclic amines) is 1. The van der Waals surface area contributed by atoms with Crippen molar-refractivity contribution in [3.63, 3.8) is 0 Å². The Balaban J connectivity index is 1.68. The molecular weight excluding hydrogens is 330 g/mol. The van der Waals surface area contributed by atoms with E-state index in [-0.39, 0.29) is 11.9 Å². The Labute approximate surface area is 150 Å². The number of thiazole rings is 1. The number of fused-ring (bicyclic) bond motifs is 1. The molecule has 0 spiro atoms. The van der Waals surface area contributed by atoms with Gasteiger partial charge in [0.2, 0.25) is 0 Å². The molecule has 1 aromatic heterocycles. The highest BCUT2D eigenvalue weighted by Crippen LogP contribution is 2.36. The van der Waals surface area contributed by atoms with Gasteiger partial charge in [-0.25, -0.2) is 4.98 Å². The van der Waals surface area contributed by atoms with Crippen molar-refractivity contribution < 1.29 is 4.79 Å². The van der Waals surface area contributed by atoms with Gasteiger partial charge in [-0.1, -0.05) is 18.2 Å². The fourth-order valence-corrected chi connectivity index (χ4v) is 4.47. The van der Waals surface area contributed by atoms with E-state index in [1.54, 1.807) is 35.6 Å². The first-order chi connectivity index (χ1) is 12.3. The Morgan fingerprint density at radius 1 is 1.20 bits per heavy atom. The number of piperidine rings is 1. The minimum absolute atomic E-state index is 0.0129. The van der Waals surface area contributed by atoms with Gasteiger partial charge in [-0.05, 0) is 49.6 Å². The number of nitriles is 1. The van der Waals surface area contributed by atoms with Gasteiger partial charge >= 0.3 is 0 Å². The van der Waals surface area contributed by atoms with Gasteiger partial charge in [0, 0.05) is 12.1 Å². The number of aromatic nitrogens is 1. The third-order valence-electron chi connectivity index (χ3n) is 4.60. The maximum Gasteiger partial charge on any atom is 0.254 e. The van der Waals surface area contributed by atoms with Crippen molar-refractivity contribution in [1.29, 1.82) is 5.26 Å². The maximum atomic E-state index is 13.1. The molecule has 2 heterocycles. The van der Waals surface area contributed by atoms with Crippen LogP contribution in [0.25, 0.3) is 10.2 Å². The number of para-hydroxylation sites is 1. The van der Waals surface area contributed by atoms with Crippen molar-refractivity contribution in [2.24, 2.45) is 0 Å². The van der Waals surface area contributed by atoms with Crippen LogP contribution >= 0.6 is 11.3 Å². The zero-order valence-electron chi connectivity index (χ0n) is 13.7. The third-order valence-corrected chi connectivity index (χ3v) is 5.74. The fourth-order valence-electron chi connectivity index (χ4n) is 3.35. The van der Waals surface area contributed by atoms with Gasteiger partial charge in [-0.3, -0.25) is 4.79 Å². The lowest BCUT2D eigenvalue weighted by atomic mass is 10.0. The lowest BCUT2D eigenvalue weighted by Crippen LogP contribution is -2.38. The molecule has 2 aromatic carbocycles. The predicted octanol–water partition coefficient (Wildman–Crippen LogP) is 4.54. The molecule has 1 fully saturated rings. The maximum absolute atomic E-state index is 13.1. The molecule has 124 valence electrons. The molecule has 1 aliphatic heterocycles. The molecule has 0 aliphatic carbocycles. The second-order valence-electron chi connectivity index (χ2n) is 6.22. The van der Waals surface area contributed by atoms with E-state index >= 15 is 0 Å². The summed E-state index contributed by atoms with van der Waals surface area (Å²) in [5, 5.41) is 10.1. The molecule has 1 atom stereocenters. The SMILES string of the molecule is N#Cc1cccc(C(=O)N2CCCCC2c2nc3ccccc3s2)c1. The smallest absolute Gasteiger partial charge is 0.254 e. The van der Waals surface area contributed by atoms with Gasteiger partial charge in [0.15, 0.2) is 0 Å². The van der Waals surface area contributed by atoms with Crippen molar-refractivity contribution in [2.45, 2.75) is 25.3 Å². The highest BCUT2D eigenvalue weighted by Gasteiger charge is 2.31. The van der Waals surface area contributed by atoms with E-state index < -0.39 is 0 Å². The molecule has 3 aromatic rings. The number of hydrogen-bond acceptors (Lipinski definition) is 4. The van der Waals surface area contributed by atoms with Gasteiger partial charge in [-0.2, -0.15) is 5.26 Å². The Morgan fingerprint density at radius 2 is 2.08 bits per heavy atom. The second kappa shape index (κ2) is 6.66. The second-order valence-corrected chi connectivity index (χ2v) is 7.28.